The number of carbonyl (C=O) groups is 2. The van der Waals surface area contributed by atoms with Crippen molar-refractivity contribution in [3.05, 3.63) is 59.0 Å². The minimum atomic E-state index is -0.486. The number of aromatic nitrogens is 7. The van der Waals surface area contributed by atoms with Gasteiger partial charge in [-0.05, 0) is 36.1 Å². The van der Waals surface area contributed by atoms with E-state index in [0.717, 1.165) is 11.1 Å². The molecule has 1 aromatic carbocycles. The predicted octanol–water partition coefficient (Wildman–Crippen LogP) is 4.25. The number of benzene rings is 1. The van der Waals surface area contributed by atoms with Crippen molar-refractivity contribution in [3.8, 4) is 34.5 Å². The zero-order valence-electron chi connectivity index (χ0n) is 23.0. The highest BCUT2D eigenvalue weighted by atomic mass is 35.5. The van der Waals surface area contributed by atoms with Crippen LogP contribution < -0.4 is 10.6 Å². The van der Waals surface area contributed by atoms with E-state index < -0.39 is 11.8 Å². The molecule has 4 heterocycles. The Hall–Kier alpha value is -5.02. The predicted molar refractivity (Wildman–Crippen MR) is 153 cm³/mol. The number of rotatable bonds is 6. The summed E-state index contributed by atoms with van der Waals surface area (Å²) in [4.78, 5) is 41.1. The second kappa shape index (κ2) is 10.9. The number of aromatic amines is 1. The number of anilines is 1. The van der Waals surface area contributed by atoms with Gasteiger partial charge in [-0.1, -0.05) is 55.6 Å². The van der Waals surface area contributed by atoms with Crippen molar-refractivity contribution in [3.63, 3.8) is 0 Å². The lowest BCUT2D eigenvalue weighted by Crippen LogP contribution is -2.23. The van der Waals surface area contributed by atoms with Gasteiger partial charge in [-0.2, -0.15) is 10.1 Å². The summed E-state index contributed by atoms with van der Waals surface area (Å²) in [6, 6.07) is 7.34. The highest BCUT2D eigenvalue weighted by Crippen LogP contribution is 2.32. The molecule has 0 atom stereocenters. The second-order valence-corrected chi connectivity index (χ2v) is 10.6. The molecule has 5 aromatic rings. The zero-order valence-corrected chi connectivity index (χ0v) is 23.7. The molecule has 0 spiro atoms. The molecule has 0 radical (unpaired) electrons. The van der Waals surface area contributed by atoms with Gasteiger partial charge in [0, 0.05) is 42.0 Å². The number of amides is 2. The number of aryl methyl sites for hydroxylation is 1. The molecule has 0 bridgehead atoms. The second-order valence-electron chi connectivity index (χ2n) is 10.2. The summed E-state index contributed by atoms with van der Waals surface area (Å²) in [6.45, 7) is 7.55. The van der Waals surface area contributed by atoms with Crippen molar-refractivity contribution in [2.45, 2.75) is 39.7 Å². The van der Waals surface area contributed by atoms with Crippen LogP contribution in [0.4, 0.5) is 5.69 Å². The van der Waals surface area contributed by atoms with Gasteiger partial charge in [0.25, 0.3) is 5.91 Å². The molecule has 0 unspecified atom stereocenters. The minimum absolute atomic E-state index is 0.106. The SMILES string of the molecule is CC#CC(=O)Nc1cn(C)nc1-c1nc2c(-c3ccc(CNC(=O)c4nc(C(C)(C)C)no4)c(Cl)c3)ccnc2[nH]1. The molecule has 0 aliphatic carbocycles. The summed E-state index contributed by atoms with van der Waals surface area (Å²) in [6.07, 6.45) is 3.33. The third-order valence-electron chi connectivity index (χ3n) is 6.02. The molecule has 13 heteroatoms. The van der Waals surface area contributed by atoms with E-state index in [1.165, 1.54) is 0 Å². The van der Waals surface area contributed by atoms with Crippen LogP contribution >= 0.6 is 11.6 Å². The Morgan fingerprint density at radius 1 is 1.20 bits per heavy atom. The first-order chi connectivity index (χ1) is 19.5. The Morgan fingerprint density at radius 3 is 2.71 bits per heavy atom. The molecule has 208 valence electrons. The zero-order chi connectivity index (χ0) is 29.3. The van der Waals surface area contributed by atoms with Gasteiger partial charge < -0.3 is 20.1 Å². The molecular weight excluding hydrogens is 546 g/mol. The van der Waals surface area contributed by atoms with Gasteiger partial charge in [0.2, 0.25) is 0 Å². The van der Waals surface area contributed by atoms with Gasteiger partial charge in [-0.15, -0.1) is 0 Å². The maximum absolute atomic E-state index is 12.5. The van der Waals surface area contributed by atoms with E-state index in [1.54, 1.807) is 37.1 Å². The fraction of sp³-hybridized carbons (Fsp3) is 0.250. The van der Waals surface area contributed by atoms with E-state index in [2.05, 4.69) is 47.7 Å². The molecule has 3 N–H and O–H groups in total. The number of hydrogen-bond donors (Lipinski definition) is 3. The fourth-order valence-corrected chi connectivity index (χ4v) is 4.25. The Morgan fingerprint density at radius 2 is 2.00 bits per heavy atom. The van der Waals surface area contributed by atoms with Crippen molar-refractivity contribution in [2.75, 3.05) is 5.32 Å². The molecule has 41 heavy (non-hydrogen) atoms. The van der Waals surface area contributed by atoms with E-state index in [4.69, 9.17) is 21.1 Å². The maximum atomic E-state index is 12.5. The van der Waals surface area contributed by atoms with E-state index in [-0.39, 0.29) is 17.9 Å². The van der Waals surface area contributed by atoms with Crippen LogP contribution in [0.2, 0.25) is 5.02 Å². The standard InChI is InChI=1S/C28H26ClN9O3/c1-6-7-20(39)32-19-14-38(5)36-22(19)24-33-21-17(10-11-30-23(21)34-24)15-8-9-16(18(29)12-15)13-31-25(40)26-35-27(37-41-26)28(2,3)4/h8-12,14H,13H2,1-5H3,(H,31,40)(H,32,39)(H,30,33,34). The van der Waals surface area contributed by atoms with Crippen molar-refractivity contribution in [1.82, 2.24) is 40.2 Å². The summed E-state index contributed by atoms with van der Waals surface area (Å²) in [7, 11) is 1.74. The van der Waals surface area contributed by atoms with Crippen LogP contribution in [-0.4, -0.2) is 46.7 Å². The number of halogens is 1. The van der Waals surface area contributed by atoms with Crippen LogP contribution in [0, 0.1) is 11.8 Å². The van der Waals surface area contributed by atoms with Crippen molar-refractivity contribution in [2.24, 2.45) is 7.05 Å². The largest absolute Gasteiger partial charge is 0.344 e. The number of carbonyl (C=O) groups excluding carboxylic acids is 2. The van der Waals surface area contributed by atoms with Gasteiger partial charge >= 0.3 is 11.8 Å². The van der Waals surface area contributed by atoms with Crippen LogP contribution in [-0.2, 0) is 23.8 Å². The highest BCUT2D eigenvalue weighted by Gasteiger charge is 2.24. The topological polar surface area (TPSA) is 157 Å². The number of nitrogens with zero attached hydrogens (tertiary/aromatic N) is 6. The first-order valence-corrected chi connectivity index (χ1v) is 12.9. The quantitative estimate of drug-likeness (QED) is 0.255. The van der Waals surface area contributed by atoms with Gasteiger partial charge in [0.15, 0.2) is 23.0 Å². The van der Waals surface area contributed by atoms with E-state index in [1.807, 2.05) is 39.0 Å². The number of fused-ring (bicyclic) bond motifs is 1. The molecule has 0 saturated carbocycles. The van der Waals surface area contributed by atoms with E-state index in [0.29, 0.717) is 44.8 Å². The summed E-state index contributed by atoms with van der Waals surface area (Å²) >= 11 is 6.61. The first-order valence-electron chi connectivity index (χ1n) is 12.6. The number of nitrogens with one attached hydrogen (secondary N) is 3. The monoisotopic (exact) mass is 571 g/mol. The van der Waals surface area contributed by atoms with Gasteiger partial charge in [-0.25, -0.2) is 9.97 Å². The molecule has 0 aliphatic rings. The summed E-state index contributed by atoms with van der Waals surface area (Å²) in [5.74, 6) is 4.86. The van der Waals surface area contributed by atoms with Crippen molar-refractivity contribution < 1.29 is 14.1 Å². The molecule has 2 amide bonds. The third-order valence-corrected chi connectivity index (χ3v) is 6.37. The lowest BCUT2D eigenvalue weighted by atomic mass is 9.96. The summed E-state index contributed by atoms with van der Waals surface area (Å²) in [5, 5.41) is 14.3. The van der Waals surface area contributed by atoms with Crippen molar-refractivity contribution >= 4 is 40.3 Å². The summed E-state index contributed by atoms with van der Waals surface area (Å²) in [5.41, 5.74) is 4.00. The van der Waals surface area contributed by atoms with Crippen LogP contribution in [0.25, 0.3) is 33.8 Å². The lowest BCUT2D eigenvalue weighted by Gasteiger charge is -2.10. The molecule has 0 aliphatic heterocycles. The maximum Gasteiger partial charge on any atom is 0.315 e. The molecule has 0 saturated heterocycles. The first kappa shape index (κ1) is 27.5. The van der Waals surface area contributed by atoms with Crippen molar-refractivity contribution in [1.29, 1.82) is 0 Å². The minimum Gasteiger partial charge on any atom is -0.344 e. The van der Waals surface area contributed by atoms with Crippen LogP contribution in [0.5, 0.6) is 0 Å². The summed E-state index contributed by atoms with van der Waals surface area (Å²) < 4.78 is 6.68. The molecule has 5 rings (SSSR count). The molecule has 0 fully saturated rings. The Bertz CT molecular complexity index is 1850. The van der Waals surface area contributed by atoms with Gasteiger partial charge in [-0.3, -0.25) is 14.3 Å². The highest BCUT2D eigenvalue weighted by molar-refractivity contribution is 6.31. The number of H-pyrrole nitrogens is 1. The fourth-order valence-electron chi connectivity index (χ4n) is 4.01. The molecule has 12 nitrogen and oxygen atoms in total. The Kier molecular flexibility index (Phi) is 7.30. The number of hydrogen-bond acceptors (Lipinski definition) is 8. The van der Waals surface area contributed by atoms with Gasteiger partial charge in [0.05, 0.1) is 5.69 Å². The van der Waals surface area contributed by atoms with E-state index in [9.17, 15) is 9.59 Å². The van der Waals surface area contributed by atoms with E-state index >= 15 is 0 Å². The molecule has 4 aromatic heterocycles. The number of imidazole rings is 1. The van der Waals surface area contributed by atoms with Gasteiger partial charge in [0.1, 0.15) is 5.52 Å². The average molecular weight is 572 g/mol. The number of pyridine rings is 1. The average Bonchev–Trinajstić information content (AvgIpc) is 3.65. The normalized spacial score (nSPS) is 11.3. The Labute approximate surface area is 239 Å². The van der Waals surface area contributed by atoms with Crippen LogP contribution in [0.1, 0.15) is 49.8 Å². The Balaban J connectivity index is 1.38. The smallest absolute Gasteiger partial charge is 0.315 e. The molecular formula is C28H26ClN9O3. The van der Waals surface area contributed by atoms with Crippen LogP contribution in [0.3, 0.4) is 0 Å². The third kappa shape index (κ3) is 5.80. The lowest BCUT2D eigenvalue weighted by molar-refractivity contribution is -0.111. The van der Waals surface area contributed by atoms with Crippen LogP contribution in [0.15, 0.2) is 41.2 Å².